The Morgan fingerprint density at radius 1 is 1.42 bits per heavy atom. The monoisotopic (exact) mass is 187 g/mol. The van der Waals surface area contributed by atoms with Gasteiger partial charge in [-0.25, -0.2) is 8.78 Å². The molecule has 0 radical (unpaired) electrons. The molecule has 2 nitrogen and oxygen atoms in total. The molecule has 1 N–H and O–H groups in total. The van der Waals surface area contributed by atoms with Crippen molar-refractivity contribution < 1.29 is 22.7 Å². The van der Waals surface area contributed by atoms with Crippen molar-refractivity contribution in [2.45, 2.75) is 18.5 Å². The van der Waals surface area contributed by atoms with Crippen LogP contribution in [0.15, 0.2) is 0 Å². The topological polar surface area (TPSA) is 23.5 Å². The van der Waals surface area contributed by atoms with E-state index in [1.165, 1.54) is 0 Å². The number of aliphatic hydroxyl groups is 1. The zero-order valence-corrected chi connectivity index (χ0v) is 6.18. The zero-order valence-electron chi connectivity index (χ0n) is 6.18. The van der Waals surface area contributed by atoms with Crippen LogP contribution in [0.5, 0.6) is 0 Å². The second kappa shape index (κ2) is 3.18. The van der Waals surface area contributed by atoms with E-state index in [9.17, 15) is 17.6 Å². The first-order chi connectivity index (χ1) is 5.42. The summed E-state index contributed by atoms with van der Waals surface area (Å²) in [6, 6.07) is 0. The summed E-state index contributed by atoms with van der Waals surface area (Å²) in [5.74, 6) is -3.96. The molecule has 0 atom stereocenters. The van der Waals surface area contributed by atoms with Crippen LogP contribution < -0.4 is 0 Å². The fourth-order valence-electron chi connectivity index (χ4n) is 1.04. The van der Waals surface area contributed by atoms with Gasteiger partial charge in [0.25, 0.3) is 0 Å². The van der Waals surface area contributed by atoms with Gasteiger partial charge in [-0.1, -0.05) is 0 Å². The lowest BCUT2D eigenvalue weighted by Gasteiger charge is -2.37. The summed E-state index contributed by atoms with van der Waals surface area (Å²) in [6.45, 7) is -0.855. The molecule has 12 heavy (non-hydrogen) atoms. The minimum absolute atomic E-state index is 0.0578. The lowest BCUT2D eigenvalue weighted by molar-refractivity contribution is -0.158. The molecule has 0 amide bonds. The molecular formula is C6H9F4NO. The summed E-state index contributed by atoms with van der Waals surface area (Å²) in [7, 11) is 0. The largest absolute Gasteiger partial charge is 0.390 e. The third kappa shape index (κ3) is 2.07. The molecule has 0 aromatic heterocycles. The van der Waals surface area contributed by atoms with Crippen molar-refractivity contribution in [1.82, 2.24) is 4.90 Å². The number of hydrogen-bond acceptors (Lipinski definition) is 2. The number of rotatable bonds is 3. The maximum Gasteiger partial charge on any atom is 0.319 e. The highest BCUT2D eigenvalue weighted by Gasteiger charge is 2.44. The van der Waals surface area contributed by atoms with Crippen LogP contribution in [-0.2, 0) is 0 Å². The van der Waals surface area contributed by atoms with Gasteiger partial charge in [-0.2, -0.15) is 8.78 Å². The highest BCUT2D eigenvalue weighted by atomic mass is 19.3. The van der Waals surface area contributed by atoms with Crippen LogP contribution in [0.2, 0.25) is 0 Å². The number of nitrogens with zero attached hydrogens (tertiary/aromatic N) is 1. The maximum absolute atomic E-state index is 12.3. The van der Waals surface area contributed by atoms with Gasteiger partial charge >= 0.3 is 12.3 Å². The summed E-state index contributed by atoms with van der Waals surface area (Å²) in [5, 5.41) is 8.68. The third-order valence-electron chi connectivity index (χ3n) is 1.69. The Bertz CT molecular complexity index is 158. The van der Waals surface area contributed by atoms with Crippen LogP contribution in [-0.4, -0.2) is 48.1 Å². The van der Waals surface area contributed by atoms with Gasteiger partial charge in [-0.15, -0.1) is 0 Å². The molecule has 6 heteroatoms. The fraction of sp³-hybridized carbons (Fsp3) is 1.00. The van der Waals surface area contributed by atoms with Gasteiger partial charge in [-0.3, -0.25) is 4.90 Å². The molecule has 1 rings (SSSR count). The molecule has 0 bridgehead atoms. The van der Waals surface area contributed by atoms with E-state index in [0.29, 0.717) is 0 Å². The van der Waals surface area contributed by atoms with Gasteiger partial charge in [0.05, 0.1) is 12.6 Å². The molecule has 0 unspecified atom stereocenters. The minimum atomic E-state index is -3.96. The van der Waals surface area contributed by atoms with Gasteiger partial charge in [-0.05, 0) is 0 Å². The van der Waals surface area contributed by atoms with E-state index >= 15 is 0 Å². The summed E-state index contributed by atoms with van der Waals surface area (Å²) in [6.07, 6.45) is -4.27. The molecule has 1 saturated heterocycles. The Morgan fingerprint density at radius 3 is 2.25 bits per heavy atom. The molecule has 1 aliphatic heterocycles. The first-order valence-electron chi connectivity index (χ1n) is 3.48. The average molecular weight is 187 g/mol. The van der Waals surface area contributed by atoms with E-state index in [0.717, 1.165) is 4.90 Å². The van der Waals surface area contributed by atoms with Crippen molar-refractivity contribution in [3.05, 3.63) is 0 Å². The van der Waals surface area contributed by atoms with E-state index in [1.54, 1.807) is 0 Å². The molecule has 0 saturated carbocycles. The predicted octanol–water partition coefficient (Wildman–Crippen LogP) is 0.563. The van der Waals surface area contributed by atoms with Crippen LogP contribution in [0.4, 0.5) is 17.6 Å². The second-order valence-corrected chi connectivity index (χ2v) is 2.91. The van der Waals surface area contributed by atoms with E-state index in [-0.39, 0.29) is 13.1 Å². The molecule has 0 spiro atoms. The summed E-state index contributed by atoms with van der Waals surface area (Å²) < 4.78 is 47.7. The first kappa shape index (κ1) is 9.73. The SMILES string of the molecule is OC1CN(CC(F)(F)C(F)F)C1. The van der Waals surface area contributed by atoms with Crippen molar-refractivity contribution in [3.63, 3.8) is 0 Å². The van der Waals surface area contributed by atoms with Crippen LogP contribution in [0.3, 0.4) is 0 Å². The molecule has 0 aromatic carbocycles. The minimum Gasteiger partial charge on any atom is -0.390 e. The summed E-state index contributed by atoms with van der Waals surface area (Å²) in [4.78, 5) is 1.09. The van der Waals surface area contributed by atoms with E-state index < -0.39 is 25.0 Å². The molecule has 72 valence electrons. The Hall–Kier alpha value is -0.360. The fourth-order valence-corrected chi connectivity index (χ4v) is 1.04. The molecule has 1 aliphatic rings. The van der Waals surface area contributed by atoms with Crippen LogP contribution in [0, 0.1) is 0 Å². The van der Waals surface area contributed by atoms with Crippen molar-refractivity contribution in [1.29, 1.82) is 0 Å². The van der Waals surface area contributed by atoms with Crippen LogP contribution >= 0.6 is 0 Å². The zero-order chi connectivity index (χ0) is 9.35. The van der Waals surface area contributed by atoms with Gasteiger partial charge in [0, 0.05) is 13.1 Å². The molecular weight excluding hydrogens is 178 g/mol. The standard InChI is InChI=1S/C6H9F4NO/c7-5(8)6(9,10)3-11-1-4(12)2-11/h4-5,12H,1-3H2. The van der Waals surface area contributed by atoms with Gasteiger partial charge in [0.1, 0.15) is 0 Å². The number of likely N-dealkylation sites (tertiary alicyclic amines) is 1. The van der Waals surface area contributed by atoms with Crippen molar-refractivity contribution in [2.24, 2.45) is 0 Å². The predicted molar refractivity (Wildman–Crippen MR) is 33.4 cm³/mol. The Morgan fingerprint density at radius 2 is 1.92 bits per heavy atom. The number of hydrogen-bond donors (Lipinski definition) is 1. The summed E-state index contributed by atoms with van der Waals surface area (Å²) in [5.41, 5.74) is 0. The van der Waals surface area contributed by atoms with E-state index in [4.69, 9.17) is 5.11 Å². The number of alkyl halides is 4. The quantitative estimate of drug-likeness (QED) is 0.652. The van der Waals surface area contributed by atoms with Crippen LogP contribution in [0.25, 0.3) is 0 Å². The molecule has 1 fully saturated rings. The maximum atomic E-state index is 12.3. The third-order valence-corrected chi connectivity index (χ3v) is 1.69. The lowest BCUT2D eigenvalue weighted by Crippen LogP contribution is -2.55. The van der Waals surface area contributed by atoms with Crippen molar-refractivity contribution >= 4 is 0 Å². The molecule has 0 aromatic rings. The Kier molecular flexibility index (Phi) is 2.58. The van der Waals surface area contributed by atoms with E-state index in [2.05, 4.69) is 0 Å². The smallest absolute Gasteiger partial charge is 0.319 e. The van der Waals surface area contributed by atoms with Gasteiger partial charge in [0.2, 0.25) is 0 Å². The first-order valence-corrected chi connectivity index (χ1v) is 3.48. The van der Waals surface area contributed by atoms with Crippen molar-refractivity contribution in [2.75, 3.05) is 19.6 Å². The molecule has 1 heterocycles. The highest BCUT2D eigenvalue weighted by Crippen LogP contribution is 2.25. The number of β-amino-alcohol motifs (C(OH)–C–C–N with tert-alkyl or cyclic N) is 1. The number of halogens is 4. The lowest BCUT2D eigenvalue weighted by atomic mass is 10.1. The number of aliphatic hydroxyl groups excluding tert-OH is 1. The summed E-state index contributed by atoms with van der Waals surface area (Å²) >= 11 is 0. The van der Waals surface area contributed by atoms with Crippen molar-refractivity contribution in [3.8, 4) is 0 Å². The van der Waals surface area contributed by atoms with Gasteiger partial charge < -0.3 is 5.11 Å². The average Bonchev–Trinajstić information content (AvgIpc) is 1.83. The van der Waals surface area contributed by atoms with E-state index in [1.807, 2.05) is 0 Å². The van der Waals surface area contributed by atoms with Crippen LogP contribution in [0.1, 0.15) is 0 Å². The Labute approximate surface area is 66.8 Å². The molecule has 0 aliphatic carbocycles. The van der Waals surface area contributed by atoms with Gasteiger partial charge in [0.15, 0.2) is 0 Å². The normalized spacial score (nSPS) is 21.5. The highest BCUT2D eigenvalue weighted by molar-refractivity contribution is 4.84. The second-order valence-electron chi connectivity index (χ2n) is 2.91. The Balaban J connectivity index is 2.30.